The molecule has 0 aromatic heterocycles. The van der Waals surface area contributed by atoms with Gasteiger partial charge in [-0.25, -0.2) is 0 Å². The number of aldehydes is 1. The molecular weight excluding hydrogens is 248 g/mol. The summed E-state index contributed by atoms with van der Waals surface area (Å²) < 4.78 is 21.4. The summed E-state index contributed by atoms with van der Waals surface area (Å²) in [6, 6.07) is 5.22. The van der Waals surface area contributed by atoms with Crippen LogP contribution in [0.25, 0.3) is 0 Å². The Morgan fingerprint density at radius 2 is 2.21 bits per heavy atom. The third kappa shape index (κ3) is 3.68. The van der Waals surface area contributed by atoms with E-state index in [-0.39, 0.29) is 13.1 Å². The summed E-state index contributed by atoms with van der Waals surface area (Å²) in [5, 5.41) is 0. The van der Waals surface area contributed by atoms with Crippen LogP contribution in [0, 0.1) is 0 Å². The predicted octanol–water partition coefficient (Wildman–Crippen LogP) is 2.39. The maximum Gasteiger partial charge on any atom is 0.199 e. The normalized spacial score (nSPS) is 18.9. The molecule has 104 valence electrons. The van der Waals surface area contributed by atoms with Gasteiger partial charge < -0.3 is 18.9 Å². The lowest BCUT2D eigenvalue weighted by molar-refractivity contribution is -0.106. The Labute approximate surface area is 112 Å². The van der Waals surface area contributed by atoms with Gasteiger partial charge in [0, 0.05) is 13.5 Å². The molecule has 0 amide bonds. The van der Waals surface area contributed by atoms with Crippen molar-refractivity contribution < 1.29 is 23.7 Å². The van der Waals surface area contributed by atoms with Crippen LogP contribution in [0.2, 0.25) is 0 Å². The fourth-order valence-corrected chi connectivity index (χ4v) is 1.94. The molecule has 1 unspecified atom stereocenters. The maximum absolute atomic E-state index is 11.2. The molecule has 0 radical (unpaired) electrons. The van der Waals surface area contributed by atoms with Crippen LogP contribution in [-0.4, -0.2) is 33.1 Å². The van der Waals surface area contributed by atoms with E-state index in [0.29, 0.717) is 23.7 Å². The Balaban J connectivity index is 2.11. The second-order valence-corrected chi connectivity index (χ2v) is 4.25. The summed E-state index contributed by atoms with van der Waals surface area (Å²) in [7, 11) is 1.52. The Hall–Kier alpha value is -1.59. The average Bonchev–Trinajstić information content (AvgIpc) is 2.46. The van der Waals surface area contributed by atoms with E-state index < -0.39 is 0 Å². The van der Waals surface area contributed by atoms with Gasteiger partial charge in [-0.2, -0.15) is 0 Å². The van der Waals surface area contributed by atoms with E-state index in [0.717, 1.165) is 25.5 Å². The van der Waals surface area contributed by atoms with Crippen LogP contribution in [0.4, 0.5) is 0 Å². The van der Waals surface area contributed by atoms with Crippen molar-refractivity contribution in [1.29, 1.82) is 0 Å². The summed E-state index contributed by atoms with van der Waals surface area (Å²) in [5.41, 5.74) is 0.383. The maximum atomic E-state index is 11.2. The number of hydrogen-bond donors (Lipinski definition) is 0. The van der Waals surface area contributed by atoms with Crippen molar-refractivity contribution in [2.75, 3.05) is 20.5 Å². The van der Waals surface area contributed by atoms with Crippen LogP contribution in [0.3, 0.4) is 0 Å². The van der Waals surface area contributed by atoms with Gasteiger partial charge >= 0.3 is 0 Å². The zero-order valence-electron chi connectivity index (χ0n) is 11.0. The molecule has 5 nitrogen and oxygen atoms in total. The van der Waals surface area contributed by atoms with Crippen LogP contribution < -0.4 is 9.47 Å². The number of carbonyl (C=O) groups is 1. The first-order valence-corrected chi connectivity index (χ1v) is 6.33. The molecule has 1 aliphatic rings. The van der Waals surface area contributed by atoms with Gasteiger partial charge in [-0.3, -0.25) is 4.79 Å². The number of ether oxygens (including phenoxy) is 4. The van der Waals surface area contributed by atoms with Gasteiger partial charge in [0.15, 0.2) is 19.4 Å². The predicted molar refractivity (Wildman–Crippen MR) is 68.6 cm³/mol. The third-order valence-electron chi connectivity index (χ3n) is 2.87. The summed E-state index contributed by atoms with van der Waals surface area (Å²) in [4.78, 5) is 11.2. The molecule has 1 aromatic carbocycles. The van der Waals surface area contributed by atoms with Crippen molar-refractivity contribution in [3.63, 3.8) is 0 Å². The summed E-state index contributed by atoms with van der Waals surface area (Å²) >= 11 is 0. The summed E-state index contributed by atoms with van der Waals surface area (Å²) in [6.45, 7) is 0.783. The lowest BCUT2D eigenvalue weighted by Crippen LogP contribution is -2.25. The van der Waals surface area contributed by atoms with Crippen molar-refractivity contribution in [2.45, 2.75) is 25.6 Å². The SMILES string of the molecule is COCOc1cccc(OC2CCCCO2)c1C=O. The first-order chi connectivity index (χ1) is 9.35. The Bertz CT molecular complexity index is 412. The number of hydrogen-bond acceptors (Lipinski definition) is 5. The molecule has 2 rings (SSSR count). The second kappa shape index (κ2) is 7.11. The number of carbonyl (C=O) groups excluding carboxylic acids is 1. The lowest BCUT2D eigenvalue weighted by atomic mass is 10.2. The molecule has 1 saturated heterocycles. The van der Waals surface area contributed by atoms with Crippen LogP contribution in [-0.2, 0) is 9.47 Å². The highest BCUT2D eigenvalue weighted by Crippen LogP contribution is 2.29. The van der Waals surface area contributed by atoms with Gasteiger partial charge in [0.25, 0.3) is 0 Å². The van der Waals surface area contributed by atoms with Gasteiger partial charge in [0.1, 0.15) is 11.5 Å². The minimum Gasteiger partial charge on any atom is -0.467 e. The first kappa shape index (κ1) is 13.8. The van der Waals surface area contributed by atoms with Gasteiger partial charge in [-0.1, -0.05) is 6.07 Å². The van der Waals surface area contributed by atoms with Gasteiger partial charge in [-0.15, -0.1) is 0 Å². The average molecular weight is 266 g/mol. The highest BCUT2D eigenvalue weighted by Gasteiger charge is 2.18. The van der Waals surface area contributed by atoms with Gasteiger partial charge in [-0.05, 0) is 25.0 Å². The topological polar surface area (TPSA) is 54.0 Å². The number of methoxy groups -OCH3 is 1. The van der Waals surface area contributed by atoms with Crippen LogP contribution in [0.5, 0.6) is 11.5 Å². The minimum absolute atomic E-state index is 0.0875. The Morgan fingerprint density at radius 3 is 2.89 bits per heavy atom. The van der Waals surface area contributed by atoms with E-state index in [1.54, 1.807) is 18.2 Å². The molecule has 1 fully saturated rings. The molecule has 19 heavy (non-hydrogen) atoms. The molecule has 1 heterocycles. The molecule has 0 bridgehead atoms. The van der Waals surface area contributed by atoms with Crippen molar-refractivity contribution >= 4 is 6.29 Å². The van der Waals surface area contributed by atoms with E-state index in [9.17, 15) is 4.79 Å². The van der Waals surface area contributed by atoms with E-state index in [4.69, 9.17) is 18.9 Å². The lowest BCUT2D eigenvalue weighted by Gasteiger charge is -2.24. The Morgan fingerprint density at radius 1 is 1.37 bits per heavy atom. The largest absolute Gasteiger partial charge is 0.467 e. The summed E-state index contributed by atoms with van der Waals surface area (Å²) in [5.74, 6) is 0.931. The molecule has 1 aromatic rings. The van der Waals surface area contributed by atoms with E-state index in [1.165, 1.54) is 7.11 Å². The van der Waals surface area contributed by atoms with Crippen molar-refractivity contribution in [1.82, 2.24) is 0 Å². The molecule has 5 heteroatoms. The molecule has 1 aliphatic heterocycles. The van der Waals surface area contributed by atoms with Crippen molar-refractivity contribution in [3.8, 4) is 11.5 Å². The van der Waals surface area contributed by atoms with Crippen LogP contribution in [0.15, 0.2) is 18.2 Å². The minimum atomic E-state index is -0.287. The molecule has 0 saturated carbocycles. The fraction of sp³-hybridized carbons (Fsp3) is 0.500. The highest BCUT2D eigenvalue weighted by molar-refractivity contribution is 5.83. The number of rotatable bonds is 6. The monoisotopic (exact) mass is 266 g/mol. The fourth-order valence-electron chi connectivity index (χ4n) is 1.94. The van der Waals surface area contributed by atoms with Crippen molar-refractivity contribution in [3.05, 3.63) is 23.8 Å². The molecule has 0 spiro atoms. The molecular formula is C14H18O5. The van der Waals surface area contributed by atoms with Crippen LogP contribution >= 0.6 is 0 Å². The molecule has 1 atom stereocenters. The summed E-state index contributed by atoms with van der Waals surface area (Å²) in [6.07, 6.45) is 3.40. The molecule has 0 aliphatic carbocycles. The van der Waals surface area contributed by atoms with Gasteiger partial charge in [0.05, 0.1) is 12.2 Å². The zero-order valence-corrected chi connectivity index (χ0v) is 11.0. The first-order valence-electron chi connectivity index (χ1n) is 6.33. The van der Waals surface area contributed by atoms with E-state index >= 15 is 0 Å². The standard InChI is InChI=1S/C14H18O5/c1-16-10-18-12-5-4-6-13(11(12)9-15)19-14-7-2-3-8-17-14/h4-6,9,14H,2-3,7-8,10H2,1H3. The quantitative estimate of drug-likeness (QED) is 0.584. The highest BCUT2D eigenvalue weighted by atomic mass is 16.7. The van der Waals surface area contributed by atoms with Crippen LogP contribution in [0.1, 0.15) is 29.6 Å². The zero-order chi connectivity index (χ0) is 13.5. The Kier molecular flexibility index (Phi) is 5.18. The van der Waals surface area contributed by atoms with Crippen molar-refractivity contribution in [2.24, 2.45) is 0 Å². The smallest absolute Gasteiger partial charge is 0.199 e. The molecule has 0 N–H and O–H groups in total. The van der Waals surface area contributed by atoms with E-state index in [2.05, 4.69) is 0 Å². The number of benzene rings is 1. The van der Waals surface area contributed by atoms with Gasteiger partial charge in [0.2, 0.25) is 0 Å². The van der Waals surface area contributed by atoms with E-state index in [1.807, 2.05) is 0 Å². The third-order valence-corrected chi connectivity index (χ3v) is 2.87. The second-order valence-electron chi connectivity index (χ2n) is 4.25.